The molecule has 23 heavy (non-hydrogen) atoms. The van der Waals surface area contributed by atoms with Crippen molar-refractivity contribution in [3.63, 3.8) is 0 Å². The van der Waals surface area contributed by atoms with Crippen LogP contribution in [0.2, 0.25) is 0 Å². The largest absolute Gasteiger partial charge is 0.496 e. The molecule has 0 aliphatic heterocycles. The van der Waals surface area contributed by atoms with Crippen molar-refractivity contribution in [2.75, 3.05) is 14.2 Å². The van der Waals surface area contributed by atoms with Gasteiger partial charge < -0.3 is 14.2 Å². The molecule has 0 unspecified atom stereocenters. The first kappa shape index (κ1) is 16.5. The molecule has 0 N–H and O–H groups in total. The monoisotopic (exact) mass is 323 g/mol. The average Bonchev–Trinajstić information content (AvgIpc) is 2.53. The molecule has 2 rings (SSSR count). The number of hydrogen-bond acceptors (Lipinski definition) is 4. The highest BCUT2D eigenvalue weighted by molar-refractivity contribution is 5.52. The number of halogens is 3. The number of nitrogens with zero attached hydrogens (tertiary/aromatic N) is 1. The van der Waals surface area contributed by atoms with Gasteiger partial charge >= 0.3 is 6.18 Å². The summed E-state index contributed by atoms with van der Waals surface area (Å²) in [6, 6.07) is 9.38. The number of alkyl halides is 3. The van der Waals surface area contributed by atoms with E-state index in [2.05, 4.69) is 0 Å². The quantitative estimate of drug-likeness (QED) is 0.837. The number of rotatable bonds is 4. The van der Waals surface area contributed by atoms with E-state index >= 15 is 0 Å². The highest BCUT2D eigenvalue weighted by Crippen LogP contribution is 2.38. The number of ether oxygens (including phenoxy) is 3. The Hall–Kier alpha value is -2.88. The zero-order valence-corrected chi connectivity index (χ0v) is 12.3. The maximum absolute atomic E-state index is 12.9. The Morgan fingerprint density at radius 1 is 0.957 bits per heavy atom. The average molecular weight is 323 g/mol. The van der Waals surface area contributed by atoms with Crippen LogP contribution < -0.4 is 14.2 Å². The van der Waals surface area contributed by atoms with Crippen LogP contribution in [0.15, 0.2) is 36.4 Å². The minimum atomic E-state index is -4.64. The van der Waals surface area contributed by atoms with Gasteiger partial charge in [-0.25, -0.2) is 0 Å². The molecule has 0 amide bonds. The van der Waals surface area contributed by atoms with Crippen LogP contribution in [-0.2, 0) is 6.18 Å². The molecule has 7 heteroatoms. The fraction of sp³-hybridized carbons (Fsp3) is 0.188. The van der Waals surface area contributed by atoms with Crippen LogP contribution in [0.1, 0.15) is 11.1 Å². The van der Waals surface area contributed by atoms with Crippen molar-refractivity contribution in [2.45, 2.75) is 6.18 Å². The molecule has 0 aliphatic carbocycles. The van der Waals surface area contributed by atoms with Gasteiger partial charge in [-0.15, -0.1) is 0 Å². The molecular weight excluding hydrogens is 311 g/mol. The first-order chi connectivity index (χ1) is 10.9. The van der Waals surface area contributed by atoms with E-state index in [4.69, 9.17) is 19.5 Å². The number of benzene rings is 2. The Morgan fingerprint density at radius 2 is 1.52 bits per heavy atom. The summed E-state index contributed by atoms with van der Waals surface area (Å²) in [5.41, 5.74) is -1.63. The van der Waals surface area contributed by atoms with E-state index in [9.17, 15) is 13.2 Å². The number of methoxy groups -OCH3 is 2. The lowest BCUT2D eigenvalue weighted by Crippen LogP contribution is -2.08. The van der Waals surface area contributed by atoms with Crippen molar-refractivity contribution in [3.8, 4) is 29.1 Å². The topological polar surface area (TPSA) is 51.5 Å². The fourth-order valence-corrected chi connectivity index (χ4v) is 1.93. The van der Waals surface area contributed by atoms with Crippen LogP contribution in [0, 0.1) is 11.3 Å². The van der Waals surface area contributed by atoms with Gasteiger partial charge in [0.1, 0.15) is 34.6 Å². The summed E-state index contributed by atoms with van der Waals surface area (Å²) in [7, 11) is 2.87. The Bertz CT molecular complexity index is 729. The van der Waals surface area contributed by atoms with Gasteiger partial charge in [0.2, 0.25) is 0 Å². The first-order valence-corrected chi connectivity index (χ1v) is 6.40. The number of nitriles is 1. The predicted molar refractivity (Wildman–Crippen MR) is 75.8 cm³/mol. The molecule has 0 saturated carbocycles. The lowest BCUT2D eigenvalue weighted by atomic mass is 10.1. The second-order valence-electron chi connectivity index (χ2n) is 4.44. The normalized spacial score (nSPS) is 10.8. The minimum Gasteiger partial charge on any atom is -0.496 e. The molecule has 0 bridgehead atoms. The van der Waals surface area contributed by atoms with Crippen LogP contribution in [0.25, 0.3) is 0 Å². The lowest BCUT2D eigenvalue weighted by Gasteiger charge is -2.14. The zero-order valence-electron chi connectivity index (χ0n) is 12.3. The van der Waals surface area contributed by atoms with Gasteiger partial charge in [0, 0.05) is 18.2 Å². The molecule has 0 aromatic heterocycles. The van der Waals surface area contributed by atoms with E-state index in [1.807, 2.05) is 0 Å². The van der Waals surface area contributed by atoms with Crippen molar-refractivity contribution in [1.82, 2.24) is 0 Å². The summed E-state index contributed by atoms with van der Waals surface area (Å²) in [5, 5.41) is 9.06. The lowest BCUT2D eigenvalue weighted by molar-refractivity contribution is -0.137. The smallest absolute Gasteiger partial charge is 0.417 e. The molecule has 2 aromatic rings. The molecule has 0 fully saturated rings. The second-order valence-corrected chi connectivity index (χ2v) is 4.44. The molecule has 0 radical (unpaired) electrons. The highest BCUT2D eigenvalue weighted by Gasteiger charge is 2.35. The SMILES string of the molecule is COc1cc(OC)cc(Oc2cccc(C(F)(F)F)c2C#N)c1. The summed E-state index contributed by atoms with van der Waals surface area (Å²) in [6.07, 6.45) is -4.64. The Kier molecular flexibility index (Phi) is 4.65. The van der Waals surface area contributed by atoms with Crippen LogP contribution in [0.5, 0.6) is 23.0 Å². The van der Waals surface area contributed by atoms with Crippen molar-refractivity contribution >= 4 is 0 Å². The van der Waals surface area contributed by atoms with Crippen molar-refractivity contribution < 1.29 is 27.4 Å². The molecular formula is C16H12F3NO3. The van der Waals surface area contributed by atoms with E-state index in [1.54, 1.807) is 12.1 Å². The van der Waals surface area contributed by atoms with Gasteiger partial charge in [0.15, 0.2) is 0 Å². The van der Waals surface area contributed by atoms with E-state index in [0.29, 0.717) is 11.5 Å². The minimum absolute atomic E-state index is 0.192. The van der Waals surface area contributed by atoms with Gasteiger partial charge in [-0.1, -0.05) is 6.07 Å². The molecule has 0 atom stereocenters. The summed E-state index contributed by atoms with van der Waals surface area (Å²) >= 11 is 0. The van der Waals surface area contributed by atoms with Crippen molar-refractivity contribution in [3.05, 3.63) is 47.5 Å². The third kappa shape index (κ3) is 3.66. The first-order valence-electron chi connectivity index (χ1n) is 6.40. The van der Waals surface area contributed by atoms with E-state index < -0.39 is 17.3 Å². The zero-order chi connectivity index (χ0) is 17.0. The van der Waals surface area contributed by atoms with Crippen molar-refractivity contribution in [2.24, 2.45) is 0 Å². The van der Waals surface area contributed by atoms with E-state index in [-0.39, 0.29) is 11.5 Å². The Morgan fingerprint density at radius 3 is 2.00 bits per heavy atom. The van der Waals surface area contributed by atoms with Gasteiger partial charge in [-0.3, -0.25) is 0 Å². The summed E-state index contributed by atoms with van der Waals surface area (Å²) in [4.78, 5) is 0. The standard InChI is InChI=1S/C16H12F3NO3/c1-21-10-6-11(22-2)8-12(7-10)23-15-5-3-4-14(13(15)9-20)16(17,18)19/h3-8H,1-2H3. The molecule has 120 valence electrons. The van der Waals surface area contributed by atoms with Gasteiger partial charge in [0.05, 0.1) is 19.8 Å². The van der Waals surface area contributed by atoms with Crippen molar-refractivity contribution in [1.29, 1.82) is 5.26 Å². The summed E-state index contributed by atoms with van der Waals surface area (Å²) in [6.45, 7) is 0. The maximum atomic E-state index is 12.9. The van der Waals surface area contributed by atoms with Crippen LogP contribution >= 0.6 is 0 Å². The van der Waals surface area contributed by atoms with Crippen LogP contribution in [0.4, 0.5) is 13.2 Å². The third-order valence-corrected chi connectivity index (χ3v) is 3.00. The molecule has 0 heterocycles. The van der Waals surface area contributed by atoms with Gasteiger partial charge in [-0.2, -0.15) is 18.4 Å². The molecule has 0 aliphatic rings. The van der Waals surface area contributed by atoms with Crippen LogP contribution in [-0.4, -0.2) is 14.2 Å². The summed E-state index contributed by atoms with van der Waals surface area (Å²) in [5.74, 6) is 0.810. The third-order valence-electron chi connectivity index (χ3n) is 3.00. The number of hydrogen-bond donors (Lipinski definition) is 0. The Labute approximate surface area is 130 Å². The van der Waals surface area contributed by atoms with Gasteiger partial charge in [0.25, 0.3) is 0 Å². The highest BCUT2D eigenvalue weighted by atomic mass is 19.4. The predicted octanol–water partition coefficient (Wildman–Crippen LogP) is 4.39. The maximum Gasteiger partial charge on any atom is 0.417 e. The summed E-state index contributed by atoms with van der Waals surface area (Å²) < 4.78 is 54.4. The molecule has 4 nitrogen and oxygen atoms in total. The fourth-order valence-electron chi connectivity index (χ4n) is 1.93. The molecule has 0 saturated heterocycles. The Balaban J connectivity index is 2.47. The second kappa shape index (κ2) is 6.48. The van der Waals surface area contributed by atoms with Gasteiger partial charge in [-0.05, 0) is 12.1 Å². The molecule has 2 aromatic carbocycles. The molecule has 0 spiro atoms. The van der Waals surface area contributed by atoms with E-state index in [1.165, 1.54) is 38.5 Å². The van der Waals surface area contributed by atoms with E-state index in [0.717, 1.165) is 6.07 Å². The van der Waals surface area contributed by atoms with Crippen LogP contribution in [0.3, 0.4) is 0 Å².